The Hall–Kier alpha value is -1.16. The zero-order chi connectivity index (χ0) is 14.3. The van der Waals surface area contributed by atoms with Gasteiger partial charge in [-0.05, 0) is 45.7 Å². The van der Waals surface area contributed by atoms with E-state index in [0.717, 1.165) is 25.8 Å². The molecule has 1 spiro atoms. The second-order valence-corrected chi connectivity index (χ2v) is 6.34. The minimum absolute atomic E-state index is 0.0804. The molecule has 0 amide bonds. The van der Waals surface area contributed by atoms with Crippen LogP contribution in [-0.4, -0.2) is 41.4 Å². The molecular weight excluding hydrogens is 254 g/mol. The van der Waals surface area contributed by atoms with E-state index < -0.39 is 0 Å². The first kappa shape index (κ1) is 13.8. The topological polar surface area (TPSA) is 46.6 Å². The van der Waals surface area contributed by atoms with E-state index in [1.165, 1.54) is 0 Å². The van der Waals surface area contributed by atoms with Gasteiger partial charge in [-0.1, -0.05) is 6.08 Å². The van der Waals surface area contributed by atoms with Gasteiger partial charge in [-0.2, -0.15) is 0 Å². The molecule has 20 heavy (non-hydrogen) atoms. The zero-order valence-corrected chi connectivity index (χ0v) is 12.3. The summed E-state index contributed by atoms with van der Waals surface area (Å²) in [5, 5.41) is 0. The SMILES string of the molecule is CCOC(=O)C1CC(C)N2CCC[C@@]23C=CC(=O)C[C@@H]13. The van der Waals surface area contributed by atoms with Crippen LogP contribution in [0.1, 0.15) is 39.5 Å². The Labute approximate surface area is 120 Å². The zero-order valence-electron chi connectivity index (χ0n) is 12.3. The van der Waals surface area contributed by atoms with Crippen molar-refractivity contribution < 1.29 is 14.3 Å². The van der Waals surface area contributed by atoms with Crippen molar-refractivity contribution in [1.29, 1.82) is 0 Å². The molecule has 1 aliphatic carbocycles. The first-order chi connectivity index (χ1) is 9.58. The molecule has 4 nitrogen and oxygen atoms in total. The maximum Gasteiger partial charge on any atom is 0.309 e. The quantitative estimate of drug-likeness (QED) is 0.724. The lowest BCUT2D eigenvalue weighted by Crippen LogP contribution is -2.61. The van der Waals surface area contributed by atoms with Crippen molar-refractivity contribution in [3.05, 3.63) is 12.2 Å². The molecule has 0 aromatic rings. The van der Waals surface area contributed by atoms with E-state index in [9.17, 15) is 9.59 Å². The van der Waals surface area contributed by atoms with Crippen LogP contribution in [0.4, 0.5) is 0 Å². The second-order valence-electron chi connectivity index (χ2n) is 6.34. The van der Waals surface area contributed by atoms with Crippen molar-refractivity contribution in [2.24, 2.45) is 11.8 Å². The van der Waals surface area contributed by atoms with Gasteiger partial charge in [0.2, 0.25) is 0 Å². The number of carbonyl (C=O) groups is 2. The van der Waals surface area contributed by atoms with Crippen LogP contribution >= 0.6 is 0 Å². The summed E-state index contributed by atoms with van der Waals surface area (Å²) in [4.78, 5) is 26.7. The van der Waals surface area contributed by atoms with Gasteiger partial charge in [0.15, 0.2) is 5.78 Å². The maximum absolute atomic E-state index is 12.3. The standard InChI is InChI=1S/C16H23NO3/c1-3-20-15(19)13-9-11(2)17-8-4-6-16(17)7-5-12(18)10-14(13)16/h5,7,11,13-14H,3-4,6,8-10H2,1-2H3/t11?,13?,14-,16-/m0/s1. The highest BCUT2D eigenvalue weighted by Gasteiger charge is 2.56. The number of hydrogen-bond acceptors (Lipinski definition) is 4. The molecule has 0 radical (unpaired) electrons. The fraction of sp³-hybridized carbons (Fsp3) is 0.750. The number of hydrogen-bond donors (Lipinski definition) is 0. The van der Waals surface area contributed by atoms with Crippen molar-refractivity contribution in [2.75, 3.05) is 13.2 Å². The average Bonchev–Trinajstić information content (AvgIpc) is 2.84. The largest absolute Gasteiger partial charge is 0.466 e. The van der Waals surface area contributed by atoms with E-state index in [-0.39, 0.29) is 29.1 Å². The van der Waals surface area contributed by atoms with E-state index >= 15 is 0 Å². The summed E-state index contributed by atoms with van der Waals surface area (Å²) in [6, 6.07) is 0.376. The molecule has 2 heterocycles. The third-order valence-electron chi connectivity index (χ3n) is 5.33. The summed E-state index contributed by atoms with van der Waals surface area (Å²) in [6.07, 6.45) is 7.32. The van der Waals surface area contributed by atoms with Crippen molar-refractivity contribution in [3.8, 4) is 0 Å². The maximum atomic E-state index is 12.3. The predicted molar refractivity (Wildman–Crippen MR) is 75.1 cm³/mol. The van der Waals surface area contributed by atoms with Gasteiger partial charge in [-0.3, -0.25) is 14.5 Å². The lowest BCUT2D eigenvalue weighted by Gasteiger charge is -2.53. The Balaban J connectivity index is 1.97. The molecule has 2 saturated heterocycles. The fourth-order valence-electron chi connectivity index (χ4n) is 4.57. The van der Waals surface area contributed by atoms with E-state index in [2.05, 4.69) is 17.9 Å². The fourth-order valence-corrected chi connectivity index (χ4v) is 4.57. The lowest BCUT2D eigenvalue weighted by molar-refractivity contribution is -0.157. The van der Waals surface area contributed by atoms with Gasteiger partial charge < -0.3 is 4.74 Å². The van der Waals surface area contributed by atoms with Crippen LogP contribution in [0.25, 0.3) is 0 Å². The van der Waals surface area contributed by atoms with Gasteiger partial charge in [-0.25, -0.2) is 0 Å². The molecule has 2 unspecified atom stereocenters. The Morgan fingerprint density at radius 1 is 1.55 bits per heavy atom. The minimum Gasteiger partial charge on any atom is -0.466 e. The van der Waals surface area contributed by atoms with Crippen molar-refractivity contribution in [1.82, 2.24) is 4.90 Å². The number of esters is 1. The average molecular weight is 277 g/mol. The number of nitrogens with zero attached hydrogens (tertiary/aromatic N) is 1. The van der Waals surface area contributed by atoms with Crippen molar-refractivity contribution >= 4 is 11.8 Å². The number of carbonyl (C=O) groups excluding carboxylic acids is 2. The molecule has 3 aliphatic rings. The molecule has 0 aromatic carbocycles. The first-order valence-electron chi connectivity index (χ1n) is 7.74. The first-order valence-corrected chi connectivity index (χ1v) is 7.74. The number of ketones is 1. The summed E-state index contributed by atoms with van der Waals surface area (Å²) in [6.45, 7) is 5.52. The van der Waals surface area contributed by atoms with Gasteiger partial charge in [0.25, 0.3) is 0 Å². The number of piperidine rings is 1. The molecule has 0 saturated carbocycles. The lowest BCUT2D eigenvalue weighted by atomic mass is 9.64. The van der Waals surface area contributed by atoms with E-state index in [1.807, 2.05) is 6.92 Å². The number of allylic oxidation sites excluding steroid dienone is 1. The van der Waals surface area contributed by atoms with Crippen LogP contribution in [0.5, 0.6) is 0 Å². The third kappa shape index (κ3) is 1.93. The molecular formula is C16H23NO3. The van der Waals surface area contributed by atoms with Gasteiger partial charge in [0, 0.05) is 23.9 Å². The molecule has 110 valence electrons. The van der Waals surface area contributed by atoms with Gasteiger partial charge in [0.05, 0.1) is 12.5 Å². The molecule has 0 bridgehead atoms. The van der Waals surface area contributed by atoms with E-state index in [1.54, 1.807) is 6.08 Å². The van der Waals surface area contributed by atoms with Crippen LogP contribution in [0, 0.1) is 11.8 Å². The Bertz CT molecular complexity index is 459. The summed E-state index contributed by atoms with van der Waals surface area (Å²) in [5.74, 6) is 0.000603. The van der Waals surface area contributed by atoms with Crippen LogP contribution < -0.4 is 0 Å². The van der Waals surface area contributed by atoms with Gasteiger partial charge in [-0.15, -0.1) is 0 Å². The van der Waals surface area contributed by atoms with E-state index in [4.69, 9.17) is 4.74 Å². The third-order valence-corrected chi connectivity index (χ3v) is 5.33. The molecule has 3 rings (SSSR count). The molecule has 0 N–H and O–H groups in total. The van der Waals surface area contributed by atoms with Crippen LogP contribution in [0.15, 0.2) is 12.2 Å². The van der Waals surface area contributed by atoms with Crippen molar-refractivity contribution in [3.63, 3.8) is 0 Å². The highest BCUT2D eigenvalue weighted by atomic mass is 16.5. The number of rotatable bonds is 2. The Morgan fingerprint density at radius 2 is 2.35 bits per heavy atom. The minimum atomic E-state index is -0.131. The van der Waals surface area contributed by atoms with Gasteiger partial charge >= 0.3 is 5.97 Å². The van der Waals surface area contributed by atoms with Gasteiger partial charge in [0.1, 0.15) is 0 Å². The summed E-state index contributed by atoms with van der Waals surface area (Å²) >= 11 is 0. The number of ether oxygens (including phenoxy) is 1. The molecule has 2 aliphatic heterocycles. The Kier molecular flexibility index (Phi) is 3.44. The smallest absolute Gasteiger partial charge is 0.309 e. The monoisotopic (exact) mass is 277 g/mol. The van der Waals surface area contributed by atoms with Crippen molar-refractivity contribution in [2.45, 2.75) is 51.1 Å². The molecule has 4 heteroatoms. The predicted octanol–water partition coefficient (Wildman–Crippen LogP) is 1.94. The van der Waals surface area contributed by atoms with Crippen LogP contribution in [-0.2, 0) is 14.3 Å². The summed E-state index contributed by atoms with van der Waals surface area (Å²) < 4.78 is 5.27. The summed E-state index contributed by atoms with van der Waals surface area (Å²) in [7, 11) is 0. The highest BCUT2D eigenvalue weighted by Crippen LogP contribution is 2.51. The molecule has 2 fully saturated rings. The Morgan fingerprint density at radius 3 is 3.10 bits per heavy atom. The van der Waals surface area contributed by atoms with Crippen LogP contribution in [0.3, 0.4) is 0 Å². The highest BCUT2D eigenvalue weighted by molar-refractivity contribution is 5.92. The summed E-state index contributed by atoms with van der Waals surface area (Å²) in [5.41, 5.74) is -0.0804. The molecule has 4 atom stereocenters. The van der Waals surface area contributed by atoms with Crippen LogP contribution in [0.2, 0.25) is 0 Å². The second kappa shape index (κ2) is 4.99. The normalized spacial score (nSPS) is 40.3. The van der Waals surface area contributed by atoms with E-state index in [0.29, 0.717) is 19.1 Å². The molecule has 0 aromatic heterocycles.